The third-order valence-electron chi connectivity index (χ3n) is 3.94. The van der Waals surface area contributed by atoms with E-state index in [1.54, 1.807) is 24.3 Å². The SMILES string of the molecule is O=S(=O)(c1ccc(F)cc1F)N1CCNCC1c1ccccc1Cl. The smallest absolute Gasteiger partial charge is 0.246 e. The number of nitrogens with zero attached hydrogens (tertiary/aromatic N) is 1. The Morgan fingerprint density at radius 1 is 1.17 bits per heavy atom. The van der Waals surface area contributed by atoms with Gasteiger partial charge in [-0.15, -0.1) is 0 Å². The molecule has 1 saturated heterocycles. The molecule has 0 spiro atoms. The molecular weight excluding hydrogens is 358 g/mol. The van der Waals surface area contributed by atoms with Gasteiger partial charge in [0, 0.05) is 30.7 Å². The zero-order chi connectivity index (χ0) is 17.3. The largest absolute Gasteiger partial charge is 0.313 e. The maximum absolute atomic E-state index is 14.0. The minimum absolute atomic E-state index is 0.162. The molecule has 1 N–H and O–H groups in total. The van der Waals surface area contributed by atoms with Crippen LogP contribution in [0.2, 0.25) is 5.02 Å². The van der Waals surface area contributed by atoms with Gasteiger partial charge in [0.05, 0.1) is 6.04 Å². The summed E-state index contributed by atoms with van der Waals surface area (Å²) in [4.78, 5) is -0.539. The number of hydrogen-bond donors (Lipinski definition) is 1. The van der Waals surface area contributed by atoms with Gasteiger partial charge in [0.15, 0.2) is 0 Å². The van der Waals surface area contributed by atoms with Crippen molar-refractivity contribution in [3.05, 3.63) is 64.7 Å². The summed E-state index contributed by atoms with van der Waals surface area (Å²) in [5.74, 6) is -1.93. The molecule has 0 amide bonds. The van der Waals surface area contributed by atoms with Crippen LogP contribution in [0.5, 0.6) is 0 Å². The van der Waals surface area contributed by atoms with Gasteiger partial charge in [0.1, 0.15) is 16.5 Å². The van der Waals surface area contributed by atoms with Crippen molar-refractivity contribution in [2.24, 2.45) is 0 Å². The van der Waals surface area contributed by atoms with Gasteiger partial charge in [0.2, 0.25) is 10.0 Å². The van der Waals surface area contributed by atoms with Gasteiger partial charge < -0.3 is 5.32 Å². The predicted molar refractivity (Wildman–Crippen MR) is 87.3 cm³/mol. The van der Waals surface area contributed by atoms with Crippen molar-refractivity contribution >= 4 is 21.6 Å². The first-order valence-corrected chi connectivity index (χ1v) is 9.15. The summed E-state index contributed by atoms with van der Waals surface area (Å²) >= 11 is 6.20. The average Bonchev–Trinajstić information content (AvgIpc) is 2.55. The van der Waals surface area contributed by atoms with E-state index in [0.717, 1.165) is 12.1 Å². The van der Waals surface area contributed by atoms with E-state index in [1.165, 1.54) is 4.31 Å². The Kier molecular flexibility index (Phi) is 4.87. The first-order chi connectivity index (χ1) is 11.4. The molecule has 24 heavy (non-hydrogen) atoms. The number of benzene rings is 2. The lowest BCUT2D eigenvalue weighted by atomic mass is 10.1. The summed E-state index contributed by atoms with van der Waals surface area (Å²) in [5, 5.41) is 3.56. The molecule has 0 saturated carbocycles. The van der Waals surface area contributed by atoms with E-state index in [0.29, 0.717) is 29.7 Å². The summed E-state index contributed by atoms with van der Waals surface area (Å²) in [6.07, 6.45) is 0. The molecule has 1 aliphatic heterocycles. The summed E-state index contributed by atoms with van der Waals surface area (Å²) in [6, 6.07) is 8.81. The third kappa shape index (κ3) is 3.17. The summed E-state index contributed by atoms with van der Waals surface area (Å²) in [5.41, 5.74) is 0.637. The molecule has 0 aromatic heterocycles. The molecule has 3 rings (SSSR count). The second-order valence-corrected chi connectivity index (χ2v) is 7.70. The molecule has 2 aromatic rings. The van der Waals surface area contributed by atoms with Gasteiger partial charge >= 0.3 is 0 Å². The van der Waals surface area contributed by atoms with Gasteiger partial charge in [-0.2, -0.15) is 4.31 Å². The monoisotopic (exact) mass is 372 g/mol. The number of piperazine rings is 1. The fraction of sp³-hybridized carbons (Fsp3) is 0.250. The van der Waals surface area contributed by atoms with Crippen LogP contribution in [0.3, 0.4) is 0 Å². The Hall–Kier alpha value is -1.54. The van der Waals surface area contributed by atoms with E-state index in [2.05, 4.69) is 5.32 Å². The summed E-state index contributed by atoms with van der Waals surface area (Å²) in [6.45, 7) is 0.948. The van der Waals surface area contributed by atoms with Gasteiger partial charge in [0.25, 0.3) is 0 Å². The second kappa shape index (κ2) is 6.76. The predicted octanol–water partition coefficient (Wildman–Crippen LogP) is 2.95. The zero-order valence-electron chi connectivity index (χ0n) is 12.5. The second-order valence-electron chi connectivity index (χ2n) is 5.43. The fourth-order valence-corrected chi connectivity index (χ4v) is 4.71. The van der Waals surface area contributed by atoms with E-state index >= 15 is 0 Å². The van der Waals surface area contributed by atoms with Crippen molar-refractivity contribution < 1.29 is 17.2 Å². The number of nitrogens with one attached hydrogen (secondary N) is 1. The lowest BCUT2D eigenvalue weighted by molar-refractivity contribution is 0.270. The van der Waals surface area contributed by atoms with Crippen LogP contribution in [0.15, 0.2) is 47.4 Å². The normalized spacial score (nSPS) is 19.4. The summed E-state index contributed by atoms with van der Waals surface area (Å²) in [7, 11) is -4.13. The molecule has 1 atom stereocenters. The van der Waals surface area contributed by atoms with Crippen LogP contribution in [0.25, 0.3) is 0 Å². The first kappa shape index (κ1) is 17.3. The van der Waals surface area contributed by atoms with E-state index in [9.17, 15) is 17.2 Å². The van der Waals surface area contributed by atoms with Gasteiger partial charge in [-0.05, 0) is 23.8 Å². The number of hydrogen-bond acceptors (Lipinski definition) is 3. The minimum atomic E-state index is -4.13. The molecule has 128 valence electrons. The Morgan fingerprint density at radius 2 is 1.92 bits per heavy atom. The lowest BCUT2D eigenvalue weighted by Gasteiger charge is -2.35. The van der Waals surface area contributed by atoms with Crippen molar-refractivity contribution in [1.29, 1.82) is 0 Å². The molecule has 8 heteroatoms. The van der Waals surface area contributed by atoms with E-state index in [-0.39, 0.29) is 6.54 Å². The highest BCUT2D eigenvalue weighted by Gasteiger charge is 2.36. The molecule has 4 nitrogen and oxygen atoms in total. The highest BCUT2D eigenvalue weighted by Crippen LogP contribution is 2.33. The maximum Gasteiger partial charge on any atom is 0.246 e. The van der Waals surface area contributed by atoms with Gasteiger partial charge in [-0.3, -0.25) is 0 Å². The van der Waals surface area contributed by atoms with Gasteiger partial charge in [-0.25, -0.2) is 17.2 Å². The molecule has 1 unspecified atom stereocenters. The zero-order valence-corrected chi connectivity index (χ0v) is 14.1. The molecule has 0 aliphatic carbocycles. The summed E-state index contributed by atoms with van der Waals surface area (Å²) < 4.78 is 54.1. The Bertz CT molecular complexity index is 861. The quantitative estimate of drug-likeness (QED) is 0.901. The standard InChI is InChI=1S/C16H15ClF2N2O2S/c17-13-4-2-1-3-12(13)15-10-20-7-8-21(15)24(22,23)16-6-5-11(18)9-14(16)19/h1-6,9,15,20H,7-8,10H2. The van der Waals surface area contributed by atoms with Crippen LogP contribution in [0.1, 0.15) is 11.6 Å². The van der Waals surface area contributed by atoms with Crippen LogP contribution >= 0.6 is 11.6 Å². The Labute approximate surface area is 144 Å². The molecule has 0 radical (unpaired) electrons. The maximum atomic E-state index is 14.0. The molecule has 1 fully saturated rings. The third-order valence-corrected chi connectivity index (χ3v) is 6.22. The van der Waals surface area contributed by atoms with Crippen LogP contribution < -0.4 is 5.32 Å². The van der Waals surface area contributed by atoms with Crippen molar-refractivity contribution in [2.45, 2.75) is 10.9 Å². The minimum Gasteiger partial charge on any atom is -0.313 e. The van der Waals surface area contributed by atoms with Crippen molar-refractivity contribution in [3.63, 3.8) is 0 Å². The Morgan fingerprint density at radius 3 is 2.62 bits per heavy atom. The molecule has 0 bridgehead atoms. The fourth-order valence-electron chi connectivity index (χ4n) is 2.79. The van der Waals surface area contributed by atoms with E-state index < -0.39 is 32.6 Å². The topological polar surface area (TPSA) is 49.4 Å². The molecular formula is C16H15ClF2N2O2S. The van der Waals surface area contributed by atoms with Crippen LogP contribution in [-0.4, -0.2) is 32.4 Å². The lowest BCUT2D eigenvalue weighted by Crippen LogP contribution is -2.48. The van der Waals surface area contributed by atoms with Gasteiger partial charge in [-0.1, -0.05) is 29.8 Å². The Balaban J connectivity index is 2.06. The molecule has 1 heterocycles. The average molecular weight is 373 g/mol. The van der Waals surface area contributed by atoms with Crippen LogP contribution in [0.4, 0.5) is 8.78 Å². The van der Waals surface area contributed by atoms with E-state index in [4.69, 9.17) is 11.6 Å². The van der Waals surface area contributed by atoms with Crippen molar-refractivity contribution in [1.82, 2.24) is 9.62 Å². The molecule has 2 aromatic carbocycles. The van der Waals surface area contributed by atoms with Crippen molar-refractivity contribution in [3.8, 4) is 0 Å². The number of rotatable bonds is 3. The van der Waals surface area contributed by atoms with Crippen molar-refractivity contribution in [2.75, 3.05) is 19.6 Å². The molecule has 1 aliphatic rings. The highest BCUT2D eigenvalue weighted by molar-refractivity contribution is 7.89. The van der Waals surface area contributed by atoms with E-state index in [1.807, 2.05) is 0 Å². The number of halogens is 3. The van der Waals surface area contributed by atoms with Crippen LogP contribution in [-0.2, 0) is 10.0 Å². The highest BCUT2D eigenvalue weighted by atomic mass is 35.5. The van der Waals surface area contributed by atoms with Crippen LogP contribution in [0, 0.1) is 11.6 Å². The number of sulfonamides is 1. The first-order valence-electron chi connectivity index (χ1n) is 7.33.